The Labute approximate surface area is 190 Å². The van der Waals surface area contributed by atoms with Crippen LogP contribution in [0.5, 0.6) is 0 Å². The Bertz CT molecular complexity index is 913. The number of hydrogen-bond acceptors (Lipinski definition) is 5. The number of ether oxygens (including phenoxy) is 1. The number of benzene rings is 2. The van der Waals surface area contributed by atoms with Crippen molar-refractivity contribution in [3.05, 3.63) is 71.8 Å². The summed E-state index contributed by atoms with van der Waals surface area (Å²) in [5.41, 5.74) is 1.23. The number of alkyl halides is 2. The monoisotopic (exact) mass is 463 g/mol. The highest BCUT2D eigenvalue weighted by Crippen LogP contribution is 2.24. The summed E-state index contributed by atoms with van der Waals surface area (Å²) in [6, 6.07) is 15.5. The van der Waals surface area contributed by atoms with Crippen LogP contribution >= 0.6 is 0 Å². The van der Waals surface area contributed by atoms with E-state index in [1.807, 2.05) is 0 Å². The van der Waals surface area contributed by atoms with Crippen LogP contribution in [-0.4, -0.2) is 54.2 Å². The van der Waals surface area contributed by atoms with E-state index in [0.717, 1.165) is 0 Å². The van der Waals surface area contributed by atoms with Crippen molar-refractivity contribution in [2.75, 3.05) is 13.1 Å². The first-order valence-electron chi connectivity index (χ1n) is 10.4. The Morgan fingerprint density at radius 3 is 2.12 bits per heavy atom. The molecule has 2 atom stereocenters. The highest BCUT2D eigenvalue weighted by atomic mass is 19.3. The summed E-state index contributed by atoms with van der Waals surface area (Å²) in [5.74, 6) is -6.78. The number of amides is 3. The molecule has 2 rings (SSSR count). The van der Waals surface area contributed by atoms with Crippen molar-refractivity contribution in [1.82, 2.24) is 16.0 Å². The Morgan fingerprint density at radius 1 is 0.970 bits per heavy atom. The zero-order valence-electron chi connectivity index (χ0n) is 18.1. The summed E-state index contributed by atoms with van der Waals surface area (Å²) < 4.78 is 34.5. The maximum Gasteiger partial charge on any atom is 0.407 e. The van der Waals surface area contributed by atoms with E-state index in [0.29, 0.717) is 11.1 Å². The second-order valence-corrected chi connectivity index (χ2v) is 7.21. The van der Waals surface area contributed by atoms with Gasteiger partial charge in [-0.05, 0) is 24.5 Å². The summed E-state index contributed by atoms with van der Waals surface area (Å²) in [5, 5.41) is 16.8. The smallest absolute Gasteiger partial charge is 0.407 e. The lowest BCUT2D eigenvalue weighted by atomic mass is 9.96. The summed E-state index contributed by atoms with van der Waals surface area (Å²) in [6.07, 6.45) is -3.81. The molecule has 0 aliphatic rings. The van der Waals surface area contributed by atoms with Crippen LogP contribution in [0.4, 0.5) is 13.6 Å². The molecule has 8 nitrogen and oxygen atoms in total. The third kappa shape index (κ3) is 8.15. The molecule has 0 saturated carbocycles. The molecule has 0 bridgehead atoms. The first-order valence-corrected chi connectivity index (χ1v) is 10.4. The fourth-order valence-electron chi connectivity index (χ4n) is 2.95. The number of hydrogen-bond donors (Lipinski definition) is 4. The van der Waals surface area contributed by atoms with Crippen molar-refractivity contribution in [3.8, 4) is 0 Å². The van der Waals surface area contributed by atoms with Gasteiger partial charge in [-0.25, -0.2) is 4.79 Å². The fraction of sp³-hybridized carbons (Fsp3) is 0.348. The quantitative estimate of drug-likeness (QED) is 0.405. The largest absolute Gasteiger partial charge is 0.445 e. The van der Waals surface area contributed by atoms with Crippen molar-refractivity contribution in [1.29, 1.82) is 0 Å². The number of carbonyl (C=O) groups is 3. The highest BCUT2D eigenvalue weighted by molar-refractivity contribution is 5.89. The van der Waals surface area contributed by atoms with Crippen molar-refractivity contribution in [2.45, 2.75) is 38.0 Å². The van der Waals surface area contributed by atoms with E-state index in [-0.39, 0.29) is 19.6 Å². The molecule has 2 aromatic carbocycles. The number of aliphatic hydroxyl groups is 1. The maximum atomic E-state index is 14.7. The number of likely N-dealkylation sites (N-methyl/N-ethyl adjacent to an activating group) is 1. The second-order valence-electron chi connectivity index (χ2n) is 7.21. The van der Waals surface area contributed by atoms with Gasteiger partial charge in [0, 0.05) is 6.54 Å². The van der Waals surface area contributed by atoms with E-state index in [9.17, 15) is 28.3 Å². The van der Waals surface area contributed by atoms with Gasteiger partial charge in [0.2, 0.25) is 5.91 Å². The summed E-state index contributed by atoms with van der Waals surface area (Å²) in [4.78, 5) is 35.7. The number of carbonyl (C=O) groups excluding carboxylic acids is 3. The Hall–Kier alpha value is -3.53. The fourth-order valence-corrected chi connectivity index (χ4v) is 2.95. The molecule has 0 aromatic heterocycles. The van der Waals surface area contributed by atoms with E-state index in [4.69, 9.17) is 4.74 Å². The van der Waals surface area contributed by atoms with Crippen LogP contribution in [0.25, 0.3) is 0 Å². The lowest BCUT2D eigenvalue weighted by Gasteiger charge is -2.29. The molecule has 0 spiro atoms. The molecule has 33 heavy (non-hydrogen) atoms. The van der Waals surface area contributed by atoms with Crippen LogP contribution in [0.2, 0.25) is 0 Å². The lowest BCUT2D eigenvalue weighted by Crippen LogP contribution is -2.58. The summed E-state index contributed by atoms with van der Waals surface area (Å²) >= 11 is 0. The van der Waals surface area contributed by atoms with Crippen LogP contribution in [0.15, 0.2) is 60.7 Å². The molecule has 178 valence electrons. The number of aliphatic hydroxyl groups excluding tert-OH is 1. The average molecular weight is 463 g/mol. The third-order valence-corrected chi connectivity index (χ3v) is 4.65. The van der Waals surface area contributed by atoms with Gasteiger partial charge in [-0.2, -0.15) is 8.78 Å². The van der Waals surface area contributed by atoms with Crippen molar-refractivity contribution in [2.24, 2.45) is 0 Å². The molecular weight excluding hydrogens is 436 g/mol. The Morgan fingerprint density at radius 2 is 1.55 bits per heavy atom. The van der Waals surface area contributed by atoms with E-state index in [1.54, 1.807) is 72.9 Å². The number of rotatable bonds is 11. The zero-order valence-corrected chi connectivity index (χ0v) is 18.1. The topological polar surface area (TPSA) is 117 Å². The van der Waals surface area contributed by atoms with Gasteiger partial charge in [0.25, 0.3) is 5.91 Å². The summed E-state index contributed by atoms with van der Waals surface area (Å²) in [6.45, 7) is 1.12. The predicted molar refractivity (Wildman–Crippen MR) is 116 cm³/mol. The predicted octanol–water partition coefficient (Wildman–Crippen LogP) is 1.77. The SMILES string of the molecule is CCNC(=O)CNC(=O)C(F)(F)C(O)C(Cc1ccccc1)NC(=O)OCc1ccccc1. The number of halogens is 2. The van der Waals surface area contributed by atoms with Crippen LogP contribution in [0.3, 0.4) is 0 Å². The normalized spacial score (nSPS) is 12.8. The molecule has 2 unspecified atom stereocenters. The first kappa shape index (κ1) is 25.7. The highest BCUT2D eigenvalue weighted by Gasteiger charge is 2.50. The zero-order chi connectivity index (χ0) is 24.3. The summed E-state index contributed by atoms with van der Waals surface area (Å²) in [7, 11) is 0. The molecule has 10 heteroatoms. The van der Waals surface area contributed by atoms with E-state index in [2.05, 4.69) is 10.6 Å². The molecule has 0 aliphatic heterocycles. The van der Waals surface area contributed by atoms with Gasteiger partial charge < -0.3 is 25.8 Å². The van der Waals surface area contributed by atoms with E-state index < -0.39 is 42.5 Å². The molecular formula is C23H27F2N3O5. The first-order chi connectivity index (χ1) is 15.7. The van der Waals surface area contributed by atoms with Gasteiger partial charge >= 0.3 is 12.0 Å². The molecule has 3 amide bonds. The van der Waals surface area contributed by atoms with Crippen LogP contribution in [-0.2, 0) is 27.4 Å². The molecule has 0 heterocycles. The van der Waals surface area contributed by atoms with Crippen LogP contribution < -0.4 is 16.0 Å². The molecule has 2 aromatic rings. The molecule has 0 radical (unpaired) electrons. The molecule has 4 N–H and O–H groups in total. The van der Waals surface area contributed by atoms with Gasteiger partial charge in [-0.3, -0.25) is 9.59 Å². The van der Waals surface area contributed by atoms with Gasteiger partial charge in [0.1, 0.15) is 12.7 Å². The van der Waals surface area contributed by atoms with Crippen molar-refractivity contribution in [3.63, 3.8) is 0 Å². The van der Waals surface area contributed by atoms with E-state index >= 15 is 0 Å². The Balaban J connectivity index is 2.09. The van der Waals surface area contributed by atoms with Gasteiger partial charge in [-0.1, -0.05) is 60.7 Å². The number of nitrogens with one attached hydrogen (secondary N) is 3. The van der Waals surface area contributed by atoms with Gasteiger partial charge in [0.05, 0.1) is 12.6 Å². The molecule has 0 fully saturated rings. The van der Waals surface area contributed by atoms with Crippen LogP contribution in [0.1, 0.15) is 18.1 Å². The maximum absolute atomic E-state index is 14.7. The standard InChI is InChI=1S/C23H27F2N3O5/c1-2-26-19(29)14-27-21(31)23(24,25)20(30)18(13-16-9-5-3-6-10-16)28-22(32)33-15-17-11-7-4-8-12-17/h3-12,18,20,30H,2,13-15H2,1H3,(H,26,29)(H,27,31)(H,28,32). The molecule has 0 saturated heterocycles. The minimum Gasteiger partial charge on any atom is -0.445 e. The van der Waals surface area contributed by atoms with Crippen LogP contribution in [0, 0.1) is 0 Å². The second kappa shape index (κ2) is 12.5. The Kier molecular flexibility index (Phi) is 9.74. The van der Waals surface area contributed by atoms with Gasteiger partial charge in [-0.15, -0.1) is 0 Å². The van der Waals surface area contributed by atoms with Crippen molar-refractivity contribution < 1.29 is 33.0 Å². The lowest BCUT2D eigenvalue weighted by molar-refractivity contribution is -0.167. The average Bonchev–Trinajstić information content (AvgIpc) is 2.81. The minimum absolute atomic E-state index is 0.107. The van der Waals surface area contributed by atoms with E-state index in [1.165, 1.54) is 0 Å². The molecule has 0 aliphatic carbocycles. The number of alkyl carbamates (subject to hydrolysis) is 1. The van der Waals surface area contributed by atoms with Gasteiger partial charge in [0.15, 0.2) is 0 Å². The third-order valence-electron chi connectivity index (χ3n) is 4.65. The van der Waals surface area contributed by atoms with Crippen molar-refractivity contribution >= 4 is 17.9 Å². The minimum atomic E-state index is -4.29.